The summed E-state index contributed by atoms with van der Waals surface area (Å²) >= 11 is 0. The fraction of sp³-hybridized carbons (Fsp3) is 0.938. The molecule has 0 amide bonds. The topological polar surface area (TPSA) is 3.24 Å². The maximum absolute atomic E-state index is 4.03. The third-order valence-electron chi connectivity index (χ3n) is 5.98. The number of unbranched alkanes of at least 4 members (excludes halogenated alkanes) is 1. The van der Waals surface area contributed by atoms with E-state index in [1.54, 1.807) is 0 Å². The van der Waals surface area contributed by atoms with Crippen molar-refractivity contribution in [1.82, 2.24) is 4.14 Å². The first kappa shape index (κ1) is 20.5. The summed E-state index contributed by atoms with van der Waals surface area (Å²) in [4.78, 5) is 0. The van der Waals surface area contributed by atoms with E-state index in [9.17, 15) is 0 Å². The van der Waals surface area contributed by atoms with Gasteiger partial charge in [-0.25, -0.2) is 0 Å². The number of hydrogen-bond acceptors (Lipinski definition) is 1. The van der Waals surface area contributed by atoms with Gasteiger partial charge in [0.05, 0.1) is 0 Å². The highest BCUT2D eigenvalue weighted by Crippen LogP contribution is 2.35. The van der Waals surface area contributed by atoms with Crippen LogP contribution in [0.15, 0.2) is 0 Å². The summed E-state index contributed by atoms with van der Waals surface area (Å²) in [5, 5.41) is 0. The molecule has 0 spiro atoms. The standard InChI is InChI=1S/C16H39BNSi2/c1-8-15-16-17-18(19(9-2,10-3)11-4)20(12-5,13-6)14-7/h17H,1,8-16H2,2-7H3. The highest BCUT2D eigenvalue weighted by atomic mass is 28.4. The Hall–Kier alpha value is 0.459. The second kappa shape index (κ2) is 10.2. The van der Waals surface area contributed by atoms with Crippen molar-refractivity contribution in [2.24, 2.45) is 0 Å². The summed E-state index contributed by atoms with van der Waals surface area (Å²) in [6.07, 6.45) is 3.78. The molecule has 0 aliphatic carbocycles. The summed E-state index contributed by atoms with van der Waals surface area (Å²) in [5.74, 6) is 0. The smallest absolute Gasteiger partial charge is 0.190 e. The lowest BCUT2D eigenvalue weighted by atomic mass is 9.88. The molecular weight excluding hydrogens is 273 g/mol. The minimum Gasteiger partial charge on any atom is -0.390 e. The highest BCUT2D eigenvalue weighted by Gasteiger charge is 2.45. The molecule has 0 aliphatic rings. The first-order valence-corrected chi connectivity index (χ1v) is 14.3. The molecule has 4 heteroatoms. The lowest BCUT2D eigenvalue weighted by molar-refractivity contribution is 0.809. The van der Waals surface area contributed by atoms with Crippen LogP contribution in [0.2, 0.25) is 42.6 Å². The van der Waals surface area contributed by atoms with Gasteiger partial charge in [0.25, 0.3) is 0 Å². The molecule has 0 heterocycles. The predicted molar refractivity (Wildman–Crippen MR) is 103 cm³/mol. The van der Waals surface area contributed by atoms with E-state index in [4.69, 9.17) is 0 Å². The van der Waals surface area contributed by atoms with Crippen LogP contribution in [-0.2, 0) is 0 Å². The van der Waals surface area contributed by atoms with Crippen LogP contribution < -0.4 is 0 Å². The second-order valence-corrected chi connectivity index (χ2v) is 16.9. The molecule has 0 N–H and O–H groups in total. The molecular formula is C16H39BNSi2. The Bertz CT molecular complexity index is 204. The van der Waals surface area contributed by atoms with Gasteiger partial charge in [-0.15, -0.1) is 0 Å². The van der Waals surface area contributed by atoms with Gasteiger partial charge in [-0.05, 0) is 36.3 Å². The van der Waals surface area contributed by atoms with Crippen LogP contribution in [0.1, 0.15) is 54.4 Å². The first-order valence-electron chi connectivity index (χ1n) is 9.13. The summed E-state index contributed by atoms with van der Waals surface area (Å²) in [6, 6.07) is 8.66. The van der Waals surface area contributed by atoms with Gasteiger partial charge in [0.1, 0.15) is 16.5 Å². The van der Waals surface area contributed by atoms with Crippen LogP contribution in [0.3, 0.4) is 0 Å². The Kier molecular flexibility index (Phi) is 10.5. The molecule has 1 radical (unpaired) electrons. The van der Waals surface area contributed by atoms with Crippen LogP contribution in [0, 0.1) is 6.92 Å². The molecule has 20 heavy (non-hydrogen) atoms. The fourth-order valence-corrected chi connectivity index (χ4v) is 17.5. The van der Waals surface area contributed by atoms with Crippen molar-refractivity contribution in [3.63, 3.8) is 0 Å². The molecule has 0 aromatic rings. The third kappa shape index (κ3) is 4.47. The molecule has 0 aromatic heterocycles. The van der Waals surface area contributed by atoms with Crippen molar-refractivity contribution in [2.75, 3.05) is 0 Å². The molecule has 1 nitrogen and oxygen atoms in total. The van der Waals surface area contributed by atoms with Gasteiger partial charge >= 0.3 is 0 Å². The van der Waals surface area contributed by atoms with E-state index in [0.29, 0.717) is 0 Å². The average Bonchev–Trinajstić information content (AvgIpc) is 2.51. The summed E-state index contributed by atoms with van der Waals surface area (Å²) < 4.78 is 3.19. The van der Waals surface area contributed by atoms with Crippen LogP contribution in [0.25, 0.3) is 0 Å². The van der Waals surface area contributed by atoms with Crippen LogP contribution in [0.5, 0.6) is 0 Å². The largest absolute Gasteiger partial charge is 0.390 e. The Balaban J connectivity index is 5.43. The Morgan fingerprint density at radius 1 is 0.750 bits per heavy atom. The van der Waals surface area contributed by atoms with E-state index >= 15 is 0 Å². The van der Waals surface area contributed by atoms with E-state index in [1.807, 2.05) is 0 Å². The second-order valence-electron chi connectivity index (χ2n) is 6.28. The zero-order valence-corrected chi connectivity index (χ0v) is 17.2. The van der Waals surface area contributed by atoms with Gasteiger partial charge in [0.15, 0.2) is 7.41 Å². The van der Waals surface area contributed by atoms with Crippen molar-refractivity contribution in [3.05, 3.63) is 6.92 Å². The molecule has 0 rings (SSSR count). The zero-order chi connectivity index (χ0) is 15.6. The fourth-order valence-electron chi connectivity index (χ4n) is 4.07. The molecule has 0 fully saturated rings. The number of nitrogens with zero attached hydrogens (tertiary/aromatic N) is 1. The normalized spacial score (nSPS) is 13.0. The Labute approximate surface area is 132 Å². The van der Waals surface area contributed by atoms with Crippen molar-refractivity contribution in [1.29, 1.82) is 0 Å². The van der Waals surface area contributed by atoms with E-state index in [0.717, 1.165) is 6.42 Å². The van der Waals surface area contributed by atoms with Crippen molar-refractivity contribution in [2.45, 2.75) is 97.0 Å². The summed E-state index contributed by atoms with van der Waals surface area (Å²) in [6.45, 7) is 18.8. The van der Waals surface area contributed by atoms with Crippen LogP contribution in [0.4, 0.5) is 0 Å². The van der Waals surface area contributed by atoms with E-state index in [-0.39, 0.29) is 0 Å². The quantitative estimate of drug-likeness (QED) is 0.331. The lowest BCUT2D eigenvalue weighted by Crippen LogP contribution is -2.67. The van der Waals surface area contributed by atoms with Crippen LogP contribution >= 0.6 is 0 Å². The Morgan fingerprint density at radius 2 is 1.10 bits per heavy atom. The van der Waals surface area contributed by atoms with Gasteiger partial charge in [-0.3, -0.25) is 0 Å². The molecule has 0 saturated heterocycles. The zero-order valence-electron chi connectivity index (χ0n) is 15.2. The van der Waals surface area contributed by atoms with E-state index in [1.165, 1.54) is 56.4 Å². The van der Waals surface area contributed by atoms with Crippen molar-refractivity contribution in [3.8, 4) is 0 Å². The van der Waals surface area contributed by atoms with Crippen molar-refractivity contribution < 1.29 is 0 Å². The maximum atomic E-state index is 4.03. The predicted octanol–water partition coefficient (Wildman–Crippen LogP) is 5.68. The minimum atomic E-state index is -1.22. The van der Waals surface area contributed by atoms with E-state index in [2.05, 4.69) is 52.6 Å². The van der Waals surface area contributed by atoms with E-state index < -0.39 is 16.5 Å². The Morgan fingerprint density at radius 3 is 1.35 bits per heavy atom. The van der Waals surface area contributed by atoms with Gasteiger partial charge in [-0.2, -0.15) is 0 Å². The minimum absolute atomic E-state index is 1.10. The van der Waals surface area contributed by atoms with Crippen LogP contribution in [-0.4, -0.2) is 28.0 Å². The monoisotopic (exact) mass is 312 g/mol. The number of hydrogen-bond donors (Lipinski definition) is 0. The molecule has 0 bridgehead atoms. The molecule has 0 saturated carbocycles. The molecule has 0 unspecified atom stereocenters. The maximum Gasteiger partial charge on any atom is 0.190 e. The summed E-state index contributed by atoms with van der Waals surface area (Å²) in [7, 11) is -1.07. The summed E-state index contributed by atoms with van der Waals surface area (Å²) in [5.41, 5.74) is 0. The lowest BCUT2D eigenvalue weighted by Gasteiger charge is -2.53. The van der Waals surface area contributed by atoms with Gasteiger partial charge in [0, 0.05) is 0 Å². The third-order valence-corrected chi connectivity index (χ3v) is 19.5. The molecule has 119 valence electrons. The molecule has 0 aliphatic heterocycles. The number of rotatable bonds is 12. The first-order chi connectivity index (χ1) is 9.56. The van der Waals surface area contributed by atoms with Gasteiger partial charge in [-0.1, -0.05) is 67.6 Å². The highest BCUT2D eigenvalue weighted by molar-refractivity contribution is 6.98. The average molecular weight is 312 g/mol. The van der Waals surface area contributed by atoms with Gasteiger partial charge < -0.3 is 4.14 Å². The van der Waals surface area contributed by atoms with Crippen molar-refractivity contribution >= 4 is 23.9 Å². The van der Waals surface area contributed by atoms with Gasteiger partial charge in [0.2, 0.25) is 0 Å². The molecule has 0 atom stereocenters. The molecule has 0 aromatic carbocycles. The SMILES string of the molecule is [CH2]CCCBN([Si](CC)(CC)CC)[Si](CC)(CC)CC.